The van der Waals surface area contributed by atoms with Gasteiger partial charge in [0.2, 0.25) is 15.9 Å². The van der Waals surface area contributed by atoms with Crippen molar-refractivity contribution >= 4 is 22.0 Å². The van der Waals surface area contributed by atoms with E-state index in [1.807, 2.05) is 6.92 Å². The normalized spacial score (nSPS) is 15.2. The summed E-state index contributed by atoms with van der Waals surface area (Å²) in [6.07, 6.45) is 2.91. The van der Waals surface area contributed by atoms with Gasteiger partial charge < -0.3 is 14.4 Å². The molecule has 1 saturated heterocycles. The minimum absolute atomic E-state index is 0.0822. The molecule has 2 aromatic rings. The molecule has 1 aliphatic rings. The molecule has 0 bridgehead atoms. The summed E-state index contributed by atoms with van der Waals surface area (Å²) in [6.45, 7) is 1.82. The molecule has 2 aromatic carbocycles. The first-order valence-electron chi connectivity index (χ1n) is 10.5. The average molecular weight is 481 g/mol. The van der Waals surface area contributed by atoms with Crippen LogP contribution < -0.4 is 9.47 Å². The molecule has 178 valence electrons. The molecule has 1 amide bonds. The molecular weight excluding hydrogens is 454 g/mol. The van der Waals surface area contributed by atoms with Gasteiger partial charge in [-0.2, -0.15) is 13.1 Å². The van der Waals surface area contributed by atoms with Gasteiger partial charge in [-0.1, -0.05) is 23.8 Å². The van der Waals surface area contributed by atoms with Crippen LogP contribution in [0, 0.1) is 6.92 Å². The zero-order chi connectivity index (χ0) is 24.0. The Kier molecular flexibility index (Phi) is 8.04. The number of sulfonamides is 1. The van der Waals surface area contributed by atoms with Crippen molar-refractivity contribution in [1.29, 1.82) is 0 Å². The van der Waals surface area contributed by atoms with Crippen LogP contribution in [0.3, 0.4) is 0 Å². The van der Waals surface area contributed by atoms with Crippen LogP contribution in [-0.4, -0.2) is 62.9 Å². The molecule has 0 N–H and O–H groups in total. The van der Waals surface area contributed by atoms with Gasteiger partial charge in [0.25, 0.3) is 0 Å². The summed E-state index contributed by atoms with van der Waals surface area (Å²) >= 11 is 0. The van der Waals surface area contributed by atoms with E-state index in [0.29, 0.717) is 5.56 Å². The molecule has 1 heterocycles. The first kappa shape index (κ1) is 24.7. The Morgan fingerprint density at radius 2 is 1.73 bits per heavy atom. The molecule has 7 nitrogen and oxygen atoms in total. The van der Waals surface area contributed by atoms with Gasteiger partial charge in [-0.15, -0.1) is 0 Å². The van der Waals surface area contributed by atoms with Gasteiger partial charge in [-0.25, -0.2) is 8.42 Å². The maximum Gasteiger partial charge on any atom is 0.387 e. The quantitative estimate of drug-likeness (QED) is 0.541. The Morgan fingerprint density at radius 3 is 2.33 bits per heavy atom. The molecule has 0 saturated carbocycles. The standard InChI is InChI=1S/C23H26F2N2O5S/c1-3-31-21-16-18(6-10-20(21)32-23(24)25)7-11-22(28)26-12-14-27(15-13-26)33(29,30)19-8-4-17(2)5-9-19/h4-11,16,23H,3,12-15H2,1-2H3/b11-7+. The van der Waals surface area contributed by atoms with Crippen molar-refractivity contribution in [2.45, 2.75) is 25.4 Å². The average Bonchev–Trinajstić information content (AvgIpc) is 2.79. The molecule has 1 fully saturated rings. The van der Waals surface area contributed by atoms with E-state index in [-0.39, 0.29) is 55.1 Å². The van der Waals surface area contributed by atoms with E-state index in [1.54, 1.807) is 42.2 Å². The fraction of sp³-hybridized carbons (Fsp3) is 0.348. The van der Waals surface area contributed by atoms with Crippen LogP contribution in [-0.2, 0) is 14.8 Å². The third-order valence-corrected chi connectivity index (χ3v) is 7.02. The fourth-order valence-electron chi connectivity index (χ4n) is 3.37. The summed E-state index contributed by atoms with van der Waals surface area (Å²) in [7, 11) is -3.61. The summed E-state index contributed by atoms with van der Waals surface area (Å²) in [4.78, 5) is 14.4. The molecule has 0 atom stereocenters. The third-order valence-electron chi connectivity index (χ3n) is 5.11. The van der Waals surface area contributed by atoms with E-state index in [2.05, 4.69) is 4.74 Å². The van der Waals surface area contributed by atoms with Gasteiger partial charge in [0.05, 0.1) is 11.5 Å². The van der Waals surface area contributed by atoms with Gasteiger partial charge >= 0.3 is 6.61 Å². The Hall–Kier alpha value is -2.98. The largest absolute Gasteiger partial charge is 0.490 e. The van der Waals surface area contributed by atoms with Crippen LogP contribution in [0.2, 0.25) is 0 Å². The number of amides is 1. The van der Waals surface area contributed by atoms with Crippen LogP contribution in [0.5, 0.6) is 11.5 Å². The number of ether oxygens (including phenoxy) is 2. The van der Waals surface area contributed by atoms with Crippen molar-refractivity contribution in [3.63, 3.8) is 0 Å². The van der Waals surface area contributed by atoms with Crippen molar-refractivity contribution < 1.29 is 31.5 Å². The first-order valence-corrected chi connectivity index (χ1v) is 11.9. The zero-order valence-electron chi connectivity index (χ0n) is 18.4. The molecule has 0 radical (unpaired) electrons. The number of piperazine rings is 1. The molecule has 3 rings (SSSR count). The van der Waals surface area contributed by atoms with E-state index in [9.17, 15) is 22.0 Å². The van der Waals surface area contributed by atoms with Crippen molar-refractivity contribution in [3.05, 3.63) is 59.7 Å². The highest BCUT2D eigenvalue weighted by Gasteiger charge is 2.29. The van der Waals surface area contributed by atoms with Gasteiger partial charge in [0.15, 0.2) is 11.5 Å². The Morgan fingerprint density at radius 1 is 1.06 bits per heavy atom. The predicted molar refractivity (Wildman–Crippen MR) is 120 cm³/mol. The fourth-order valence-corrected chi connectivity index (χ4v) is 4.79. The molecule has 1 aliphatic heterocycles. The molecule has 0 unspecified atom stereocenters. The number of carbonyl (C=O) groups is 1. The van der Waals surface area contributed by atoms with Crippen LogP contribution in [0.4, 0.5) is 8.78 Å². The van der Waals surface area contributed by atoms with Crippen LogP contribution >= 0.6 is 0 Å². The number of halogens is 2. The van der Waals surface area contributed by atoms with Gasteiger partial charge in [-0.3, -0.25) is 4.79 Å². The van der Waals surface area contributed by atoms with Gasteiger partial charge in [0.1, 0.15) is 0 Å². The monoisotopic (exact) mass is 480 g/mol. The summed E-state index contributed by atoms with van der Waals surface area (Å²) in [5, 5.41) is 0. The van der Waals surface area contributed by atoms with E-state index in [4.69, 9.17) is 4.74 Å². The first-order chi connectivity index (χ1) is 15.7. The molecule has 0 spiro atoms. The number of alkyl halides is 2. The molecule has 10 heteroatoms. The van der Waals surface area contributed by atoms with Gasteiger partial charge in [-0.05, 0) is 49.8 Å². The Labute approximate surface area is 192 Å². The van der Waals surface area contributed by atoms with Crippen molar-refractivity contribution in [2.75, 3.05) is 32.8 Å². The lowest BCUT2D eigenvalue weighted by Crippen LogP contribution is -2.50. The highest BCUT2D eigenvalue weighted by molar-refractivity contribution is 7.89. The molecular formula is C23H26F2N2O5S. The Bertz CT molecular complexity index is 1100. The highest BCUT2D eigenvalue weighted by atomic mass is 32.2. The molecule has 0 aromatic heterocycles. The van der Waals surface area contributed by atoms with Crippen LogP contribution in [0.25, 0.3) is 6.08 Å². The smallest absolute Gasteiger partial charge is 0.387 e. The minimum Gasteiger partial charge on any atom is -0.490 e. The maximum atomic E-state index is 12.8. The second-order valence-corrected chi connectivity index (χ2v) is 9.33. The summed E-state index contributed by atoms with van der Waals surface area (Å²) < 4.78 is 61.8. The second-order valence-electron chi connectivity index (χ2n) is 7.39. The number of carbonyl (C=O) groups excluding carboxylic acids is 1. The van der Waals surface area contributed by atoms with E-state index < -0.39 is 16.6 Å². The highest BCUT2D eigenvalue weighted by Crippen LogP contribution is 2.30. The predicted octanol–water partition coefficient (Wildman–Crippen LogP) is 3.54. The Balaban J connectivity index is 1.62. The molecule has 33 heavy (non-hydrogen) atoms. The number of nitrogens with zero attached hydrogens (tertiary/aromatic N) is 2. The number of hydrogen-bond donors (Lipinski definition) is 0. The van der Waals surface area contributed by atoms with E-state index in [1.165, 1.54) is 28.6 Å². The maximum absolute atomic E-state index is 12.8. The van der Waals surface area contributed by atoms with Crippen molar-refractivity contribution in [3.8, 4) is 11.5 Å². The summed E-state index contributed by atoms with van der Waals surface area (Å²) in [5.74, 6) is -0.197. The van der Waals surface area contributed by atoms with E-state index in [0.717, 1.165) is 5.56 Å². The van der Waals surface area contributed by atoms with Crippen molar-refractivity contribution in [1.82, 2.24) is 9.21 Å². The van der Waals surface area contributed by atoms with Crippen molar-refractivity contribution in [2.24, 2.45) is 0 Å². The number of rotatable bonds is 8. The minimum atomic E-state index is -3.61. The van der Waals surface area contributed by atoms with Gasteiger partial charge in [0, 0.05) is 32.3 Å². The van der Waals surface area contributed by atoms with E-state index >= 15 is 0 Å². The number of hydrogen-bond acceptors (Lipinski definition) is 5. The third kappa shape index (κ3) is 6.29. The SMILES string of the molecule is CCOc1cc(/C=C/C(=O)N2CCN(S(=O)(=O)c3ccc(C)cc3)CC2)ccc1OC(F)F. The number of aryl methyl sites for hydroxylation is 1. The lowest BCUT2D eigenvalue weighted by molar-refractivity contribution is -0.127. The number of benzene rings is 2. The zero-order valence-corrected chi connectivity index (χ0v) is 19.2. The molecule has 0 aliphatic carbocycles. The topological polar surface area (TPSA) is 76.2 Å². The lowest BCUT2D eigenvalue weighted by Gasteiger charge is -2.33. The second kappa shape index (κ2) is 10.8. The van der Waals surface area contributed by atoms with Crippen LogP contribution in [0.1, 0.15) is 18.1 Å². The van der Waals surface area contributed by atoms with Crippen LogP contribution in [0.15, 0.2) is 53.4 Å². The summed E-state index contributed by atoms with van der Waals surface area (Å²) in [5.41, 5.74) is 1.55. The lowest BCUT2D eigenvalue weighted by atomic mass is 10.2. The summed E-state index contributed by atoms with van der Waals surface area (Å²) in [6, 6.07) is 11.1.